The van der Waals surface area contributed by atoms with Gasteiger partial charge >= 0.3 is 0 Å². The van der Waals surface area contributed by atoms with Crippen LogP contribution in [0.25, 0.3) is 0 Å². The second-order valence-corrected chi connectivity index (χ2v) is 4.77. The minimum Gasteiger partial charge on any atom is -0.454 e. The maximum absolute atomic E-state index is 11.8. The molecule has 6 nitrogen and oxygen atoms in total. The van der Waals surface area contributed by atoms with E-state index in [1.807, 2.05) is 25.1 Å². The fraction of sp³-hybridized carbons (Fsp3) is 0.333. The van der Waals surface area contributed by atoms with E-state index in [1.54, 1.807) is 12.3 Å². The minimum atomic E-state index is -0.110. The molecule has 0 amide bonds. The number of hydrogen-bond acceptors (Lipinski definition) is 5. The highest BCUT2D eigenvalue weighted by atomic mass is 16.7. The molecule has 1 unspecified atom stereocenters. The van der Waals surface area contributed by atoms with Crippen LogP contribution in [0.3, 0.4) is 0 Å². The Kier molecular flexibility index (Phi) is 3.87. The molecule has 1 atom stereocenters. The van der Waals surface area contributed by atoms with Crippen LogP contribution >= 0.6 is 0 Å². The molecule has 0 saturated carbocycles. The highest BCUT2D eigenvalue weighted by Gasteiger charge is 2.18. The lowest BCUT2D eigenvalue weighted by Crippen LogP contribution is -2.31. The van der Waals surface area contributed by atoms with Crippen molar-refractivity contribution in [2.75, 3.05) is 13.3 Å². The van der Waals surface area contributed by atoms with E-state index in [2.05, 4.69) is 10.4 Å². The quantitative estimate of drug-likeness (QED) is 0.898. The van der Waals surface area contributed by atoms with Crippen molar-refractivity contribution in [2.45, 2.75) is 19.5 Å². The number of rotatable bonds is 5. The first-order valence-corrected chi connectivity index (χ1v) is 6.93. The number of nitrogens with zero attached hydrogens (tertiary/aromatic N) is 2. The zero-order valence-corrected chi connectivity index (χ0v) is 11.8. The molecule has 0 aliphatic carbocycles. The van der Waals surface area contributed by atoms with Gasteiger partial charge in [0.05, 0.1) is 12.6 Å². The van der Waals surface area contributed by atoms with Crippen LogP contribution < -0.4 is 20.3 Å². The fourth-order valence-electron chi connectivity index (χ4n) is 2.36. The Labute approximate surface area is 122 Å². The summed E-state index contributed by atoms with van der Waals surface area (Å²) in [5.74, 6) is 1.49. The van der Waals surface area contributed by atoms with Crippen molar-refractivity contribution in [3.63, 3.8) is 0 Å². The lowest BCUT2D eigenvalue weighted by molar-refractivity contribution is 0.174. The van der Waals surface area contributed by atoms with Crippen LogP contribution in [0.15, 0.2) is 41.3 Å². The van der Waals surface area contributed by atoms with E-state index < -0.39 is 0 Å². The molecular weight excluding hydrogens is 270 g/mol. The van der Waals surface area contributed by atoms with E-state index >= 15 is 0 Å². The molecule has 1 aromatic heterocycles. The summed E-state index contributed by atoms with van der Waals surface area (Å²) in [6.45, 7) is 3.54. The van der Waals surface area contributed by atoms with Gasteiger partial charge in [-0.1, -0.05) is 13.0 Å². The van der Waals surface area contributed by atoms with Gasteiger partial charge in [-0.05, 0) is 30.3 Å². The highest BCUT2D eigenvalue weighted by molar-refractivity contribution is 5.45. The largest absolute Gasteiger partial charge is 0.454 e. The first-order chi connectivity index (χ1) is 10.3. The summed E-state index contributed by atoms with van der Waals surface area (Å²) >= 11 is 0. The molecule has 0 radical (unpaired) electrons. The van der Waals surface area contributed by atoms with E-state index in [0.29, 0.717) is 6.54 Å². The monoisotopic (exact) mass is 287 g/mol. The fourth-order valence-corrected chi connectivity index (χ4v) is 2.36. The summed E-state index contributed by atoms with van der Waals surface area (Å²) in [4.78, 5) is 11.8. The summed E-state index contributed by atoms with van der Waals surface area (Å²) in [7, 11) is 0. The number of ether oxygens (including phenoxy) is 2. The number of likely N-dealkylation sites (N-methyl/N-ethyl adjacent to an activating group) is 1. The van der Waals surface area contributed by atoms with Gasteiger partial charge in [0.1, 0.15) is 0 Å². The number of benzene rings is 1. The second-order valence-electron chi connectivity index (χ2n) is 4.77. The molecule has 1 N–H and O–H groups in total. The van der Waals surface area contributed by atoms with Crippen molar-refractivity contribution in [3.05, 3.63) is 52.4 Å². The smallest absolute Gasteiger partial charge is 0.266 e. The molecule has 3 rings (SSSR count). The lowest BCUT2D eigenvalue weighted by atomic mass is 10.1. The average Bonchev–Trinajstić information content (AvgIpc) is 2.96. The molecule has 1 aliphatic rings. The number of nitrogens with one attached hydrogen (secondary N) is 1. The zero-order chi connectivity index (χ0) is 14.7. The van der Waals surface area contributed by atoms with Crippen molar-refractivity contribution < 1.29 is 9.47 Å². The predicted molar refractivity (Wildman–Crippen MR) is 77.5 cm³/mol. The first kappa shape index (κ1) is 13.6. The summed E-state index contributed by atoms with van der Waals surface area (Å²) in [6.07, 6.45) is 1.62. The Bertz CT molecular complexity index is 684. The van der Waals surface area contributed by atoms with Gasteiger partial charge in [0.25, 0.3) is 5.56 Å². The average molecular weight is 287 g/mol. The van der Waals surface area contributed by atoms with E-state index in [0.717, 1.165) is 23.6 Å². The maximum Gasteiger partial charge on any atom is 0.266 e. The number of aromatic nitrogens is 2. The maximum atomic E-state index is 11.8. The van der Waals surface area contributed by atoms with E-state index in [1.165, 1.54) is 10.7 Å². The molecule has 6 heteroatoms. The molecule has 0 bridgehead atoms. The van der Waals surface area contributed by atoms with Gasteiger partial charge in [0.2, 0.25) is 6.79 Å². The third-order valence-corrected chi connectivity index (χ3v) is 3.39. The third kappa shape index (κ3) is 2.90. The van der Waals surface area contributed by atoms with Crippen LogP contribution in [0.5, 0.6) is 11.5 Å². The molecule has 2 heterocycles. The van der Waals surface area contributed by atoms with E-state index in [4.69, 9.17) is 9.47 Å². The Morgan fingerprint density at radius 2 is 2.19 bits per heavy atom. The van der Waals surface area contributed by atoms with Crippen molar-refractivity contribution in [3.8, 4) is 11.5 Å². The van der Waals surface area contributed by atoms with Crippen molar-refractivity contribution in [2.24, 2.45) is 0 Å². The van der Waals surface area contributed by atoms with Crippen LogP contribution in [-0.2, 0) is 6.54 Å². The minimum absolute atomic E-state index is 0.0166. The summed E-state index contributed by atoms with van der Waals surface area (Å²) in [5.41, 5.74) is 0.930. The van der Waals surface area contributed by atoms with Crippen LogP contribution in [0.2, 0.25) is 0 Å². The summed E-state index contributed by atoms with van der Waals surface area (Å²) < 4.78 is 12.2. The Morgan fingerprint density at radius 3 is 3.00 bits per heavy atom. The Balaban J connectivity index is 1.87. The Hall–Kier alpha value is -2.34. The summed E-state index contributed by atoms with van der Waals surface area (Å²) in [6, 6.07) is 8.95. The Morgan fingerprint density at radius 1 is 1.33 bits per heavy atom. The number of fused-ring (bicyclic) bond motifs is 1. The van der Waals surface area contributed by atoms with Crippen molar-refractivity contribution in [1.29, 1.82) is 0 Å². The van der Waals surface area contributed by atoms with Gasteiger partial charge < -0.3 is 14.8 Å². The normalized spacial score (nSPS) is 14.1. The topological polar surface area (TPSA) is 65.4 Å². The first-order valence-electron chi connectivity index (χ1n) is 6.93. The highest BCUT2D eigenvalue weighted by Crippen LogP contribution is 2.34. The lowest BCUT2D eigenvalue weighted by Gasteiger charge is -2.19. The molecule has 1 aliphatic heterocycles. The molecule has 0 saturated heterocycles. The van der Waals surface area contributed by atoms with Crippen LogP contribution in [-0.4, -0.2) is 23.1 Å². The van der Waals surface area contributed by atoms with Crippen LogP contribution in [0, 0.1) is 0 Å². The van der Waals surface area contributed by atoms with Gasteiger partial charge in [-0.25, -0.2) is 4.68 Å². The number of hydrogen-bond donors (Lipinski definition) is 1. The molecule has 0 fully saturated rings. The predicted octanol–water partition coefficient (Wildman–Crippen LogP) is 1.32. The molecule has 21 heavy (non-hydrogen) atoms. The van der Waals surface area contributed by atoms with Crippen LogP contribution in [0.4, 0.5) is 0 Å². The van der Waals surface area contributed by atoms with E-state index in [-0.39, 0.29) is 18.4 Å². The zero-order valence-electron chi connectivity index (χ0n) is 11.8. The molecule has 110 valence electrons. The third-order valence-electron chi connectivity index (χ3n) is 3.39. The van der Waals surface area contributed by atoms with Gasteiger partial charge in [0.15, 0.2) is 11.5 Å². The standard InChI is InChI=1S/C15H17N3O3/c1-2-16-12(9-18-15(19)4-3-7-17-18)11-5-6-13-14(8-11)21-10-20-13/h3-8,12,16H,2,9-10H2,1H3. The molecule has 0 spiro atoms. The summed E-state index contributed by atoms with van der Waals surface area (Å²) in [5, 5.41) is 7.48. The molecular formula is C15H17N3O3. The second kappa shape index (κ2) is 5.97. The van der Waals surface area contributed by atoms with Crippen molar-refractivity contribution >= 4 is 0 Å². The molecule has 1 aromatic carbocycles. The van der Waals surface area contributed by atoms with Gasteiger partial charge in [0, 0.05) is 12.3 Å². The molecule has 2 aromatic rings. The van der Waals surface area contributed by atoms with Gasteiger partial charge in [-0.3, -0.25) is 4.79 Å². The SMILES string of the molecule is CCNC(Cn1ncccc1=O)c1ccc2c(c1)OCO2. The van der Waals surface area contributed by atoms with E-state index in [9.17, 15) is 4.79 Å². The van der Waals surface area contributed by atoms with Crippen LogP contribution in [0.1, 0.15) is 18.5 Å². The van der Waals surface area contributed by atoms with Gasteiger partial charge in [-0.15, -0.1) is 0 Å². The van der Waals surface area contributed by atoms with Gasteiger partial charge in [-0.2, -0.15) is 5.10 Å². The van der Waals surface area contributed by atoms with Crippen molar-refractivity contribution in [1.82, 2.24) is 15.1 Å².